The van der Waals surface area contributed by atoms with Gasteiger partial charge in [0.15, 0.2) is 6.23 Å². The highest BCUT2D eigenvalue weighted by Gasteiger charge is 2.21. The van der Waals surface area contributed by atoms with Crippen LogP contribution in [0.5, 0.6) is 0 Å². The first-order valence-corrected chi connectivity index (χ1v) is 3.49. The molecule has 1 aliphatic heterocycles. The van der Waals surface area contributed by atoms with Gasteiger partial charge in [0, 0.05) is 18.3 Å². The molecule has 0 radical (unpaired) electrons. The van der Waals surface area contributed by atoms with Gasteiger partial charge in [0.2, 0.25) is 0 Å². The molecule has 2 rings (SSSR count). The summed E-state index contributed by atoms with van der Waals surface area (Å²) in [5.41, 5.74) is 1.17. The zero-order valence-electron chi connectivity index (χ0n) is 5.95. The fourth-order valence-corrected chi connectivity index (χ4v) is 1.10. The van der Waals surface area contributed by atoms with E-state index in [0.29, 0.717) is 0 Å². The Morgan fingerprint density at radius 1 is 1.80 bits per heavy atom. The van der Waals surface area contributed by atoms with Crippen molar-refractivity contribution in [1.29, 1.82) is 0 Å². The Labute approximate surface area is 59.6 Å². The lowest BCUT2D eigenvalue weighted by Crippen LogP contribution is -2.26. The normalized spacial score (nSPS) is 24.3. The van der Waals surface area contributed by atoms with Gasteiger partial charge in [0.05, 0.1) is 6.61 Å². The van der Waals surface area contributed by atoms with E-state index in [9.17, 15) is 0 Å². The second-order valence-corrected chi connectivity index (χ2v) is 2.53. The highest BCUT2D eigenvalue weighted by atomic mass is 16.5. The molecule has 2 heterocycles. The predicted octanol–water partition coefficient (Wildman–Crippen LogP) is 1.11. The number of nitrogens with zero attached hydrogens (tertiary/aromatic N) is 2. The Bertz CT molecular complexity index is 227. The smallest absolute Gasteiger partial charge is 0.152 e. The van der Waals surface area contributed by atoms with Gasteiger partial charge in [-0.3, -0.25) is 0 Å². The first-order valence-electron chi connectivity index (χ1n) is 3.49. The third-order valence-electron chi connectivity index (χ3n) is 1.82. The molecule has 1 atom stereocenters. The molecule has 1 unspecified atom stereocenters. The molecule has 1 aromatic rings. The van der Waals surface area contributed by atoms with Crippen LogP contribution in [-0.4, -0.2) is 16.4 Å². The van der Waals surface area contributed by atoms with E-state index in [1.165, 1.54) is 5.69 Å². The molecule has 1 aromatic heterocycles. The molecular formula is C7H10N2O. The monoisotopic (exact) mass is 138 g/mol. The van der Waals surface area contributed by atoms with E-state index < -0.39 is 0 Å². The molecule has 1 aliphatic rings. The maximum atomic E-state index is 5.26. The third-order valence-corrected chi connectivity index (χ3v) is 1.82. The molecule has 10 heavy (non-hydrogen) atoms. The van der Waals surface area contributed by atoms with Crippen molar-refractivity contribution >= 4 is 0 Å². The molecule has 0 amide bonds. The van der Waals surface area contributed by atoms with Crippen LogP contribution in [0.15, 0.2) is 12.3 Å². The lowest BCUT2D eigenvalue weighted by atomic mass is 10.3. The minimum Gasteiger partial charge on any atom is -0.356 e. The Kier molecular flexibility index (Phi) is 1.24. The Balaban J connectivity index is 2.23. The molecule has 3 nitrogen and oxygen atoms in total. The van der Waals surface area contributed by atoms with E-state index >= 15 is 0 Å². The van der Waals surface area contributed by atoms with Crippen molar-refractivity contribution in [3.05, 3.63) is 18.0 Å². The van der Waals surface area contributed by atoms with Gasteiger partial charge in [-0.1, -0.05) is 0 Å². The molecule has 54 valence electrons. The van der Waals surface area contributed by atoms with Crippen LogP contribution in [0.1, 0.15) is 18.3 Å². The zero-order chi connectivity index (χ0) is 6.97. The average Bonchev–Trinajstić information content (AvgIpc) is 2.12. The van der Waals surface area contributed by atoms with Crippen LogP contribution in [0.4, 0.5) is 0 Å². The van der Waals surface area contributed by atoms with Gasteiger partial charge in [-0.25, -0.2) is 4.68 Å². The van der Waals surface area contributed by atoms with Crippen LogP contribution in [-0.2, 0) is 4.74 Å². The number of hydrogen-bond acceptors (Lipinski definition) is 2. The van der Waals surface area contributed by atoms with Gasteiger partial charge < -0.3 is 4.74 Å². The summed E-state index contributed by atoms with van der Waals surface area (Å²) in [4.78, 5) is 0. The number of ether oxygens (including phenoxy) is 1. The number of aromatic nitrogens is 2. The zero-order valence-corrected chi connectivity index (χ0v) is 5.95. The van der Waals surface area contributed by atoms with E-state index in [4.69, 9.17) is 4.74 Å². The summed E-state index contributed by atoms with van der Waals surface area (Å²) in [5, 5.41) is 4.13. The van der Waals surface area contributed by atoms with Crippen LogP contribution in [0.3, 0.4) is 0 Å². The summed E-state index contributed by atoms with van der Waals surface area (Å²) in [5.74, 6) is 0. The minimum atomic E-state index is 0.218. The molecular weight excluding hydrogens is 128 g/mol. The topological polar surface area (TPSA) is 27.1 Å². The van der Waals surface area contributed by atoms with Crippen molar-refractivity contribution in [2.24, 2.45) is 0 Å². The van der Waals surface area contributed by atoms with Crippen molar-refractivity contribution < 1.29 is 4.74 Å². The molecule has 3 heteroatoms. The lowest BCUT2D eigenvalue weighted by Gasteiger charge is -2.27. The van der Waals surface area contributed by atoms with Gasteiger partial charge in [-0.2, -0.15) is 5.10 Å². The quantitative estimate of drug-likeness (QED) is 0.581. The summed E-state index contributed by atoms with van der Waals surface area (Å²) < 4.78 is 7.18. The predicted molar refractivity (Wildman–Crippen MR) is 36.6 cm³/mol. The van der Waals surface area contributed by atoms with E-state index in [0.717, 1.165) is 13.0 Å². The SMILES string of the molecule is Cc1ccnn1C1CCO1. The third kappa shape index (κ3) is 0.743. The first-order chi connectivity index (χ1) is 4.88. The fraction of sp³-hybridized carbons (Fsp3) is 0.571. The minimum absolute atomic E-state index is 0.218. The largest absolute Gasteiger partial charge is 0.356 e. The maximum absolute atomic E-state index is 5.26. The van der Waals surface area contributed by atoms with Crippen LogP contribution in [0, 0.1) is 6.92 Å². The number of hydrogen-bond donors (Lipinski definition) is 0. The van der Waals surface area contributed by atoms with Gasteiger partial charge in [0.25, 0.3) is 0 Å². The standard InChI is InChI=1S/C7H10N2O/c1-6-2-4-8-9(6)7-3-5-10-7/h2,4,7H,3,5H2,1H3. The van der Waals surface area contributed by atoms with Crippen molar-refractivity contribution in [3.63, 3.8) is 0 Å². The summed E-state index contributed by atoms with van der Waals surface area (Å²) >= 11 is 0. The summed E-state index contributed by atoms with van der Waals surface area (Å²) in [6.07, 6.45) is 3.12. The Morgan fingerprint density at radius 2 is 2.60 bits per heavy atom. The van der Waals surface area contributed by atoms with Crippen LogP contribution in [0.25, 0.3) is 0 Å². The second kappa shape index (κ2) is 2.09. The maximum Gasteiger partial charge on any atom is 0.152 e. The summed E-state index contributed by atoms with van der Waals surface area (Å²) in [6, 6.07) is 1.99. The van der Waals surface area contributed by atoms with Crippen LogP contribution < -0.4 is 0 Å². The van der Waals surface area contributed by atoms with Crippen LogP contribution in [0.2, 0.25) is 0 Å². The summed E-state index contributed by atoms with van der Waals surface area (Å²) in [7, 11) is 0. The number of aryl methyl sites for hydroxylation is 1. The molecule has 0 aromatic carbocycles. The lowest BCUT2D eigenvalue weighted by molar-refractivity contribution is -0.107. The van der Waals surface area contributed by atoms with Gasteiger partial charge in [-0.15, -0.1) is 0 Å². The van der Waals surface area contributed by atoms with Crippen molar-refractivity contribution in [2.75, 3.05) is 6.61 Å². The van der Waals surface area contributed by atoms with E-state index in [1.807, 2.05) is 17.7 Å². The summed E-state index contributed by atoms with van der Waals surface area (Å²) in [6.45, 7) is 2.92. The molecule has 1 saturated heterocycles. The van der Waals surface area contributed by atoms with E-state index in [-0.39, 0.29) is 6.23 Å². The Hall–Kier alpha value is -0.830. The molecule has 0 saturated carbocycles. The van der Waals surface area contributed by atoms with Crippen LogP contribution >= 0.6 is 0 Å². The van der Waals surface area contributed by atoms with E-state index in [2.05, 4.69) is 5.10 Å². The van der Waals surface area contributed by atoms with Crippen molar-refractivity contribution in [2.45, 2.75) is 19.6 Å². The van der Waals surface area contributed by atoms with Crippen molar-refractivity contribution in [1.82, 2.24) is 9.78 Å². The molecule has 0 spiro atoms. The molecule has 0 N–H and O–H groups in total. The fourth-order valence-electron chi connectivity index (χ4n) is 1.10. The van der Waals surface area contributed by atoms with Crippen molar-refractivity contribution in [3.8, 4) is 0 Å². The highest BCUT2D eigenvalue weighted by molar-refractivity contribution is 4.97. The van der Waals surface area contributed by atoms with E-state index in [1.54, 1.807) is 6.20 Å². The second-order valence-electron chi connectivity index (χ2n) is 2.53. The molecule has 1 fully saturated rings. The Morgan fingerprint density at radius 3 is 3.00 bits per heavy atom. The first kappa shape index (κ1) is 5.92. The molecule has 0 bridgehead atoms. The molecule has 0 aliphatic carbocycles. The number of rotatable bonds is 1. The highest BCUT2D eigenvalue weighted by Crippen LogP contribution is 2.22. The van der Waals surface area contributed by atoms with Gasteiger partial charge in [0.1, 0.15) is 0 Å². The average molecular weight is 138 g/mol. The van der Waals surface area contributed by atoms with Gasteiger partial charge in [-0.05, 0) is 13.0 Å². The van der Waals surface area contributed by atoms with Gasteiger partial charge >= 0.3 is 0 Å².